The summed E-state index contributed by atoms with van der Waals surface area (Å²) in [6, 6.07) is 7.51. The molecular weight excluding hydrogens is 226 g/mol. The highest BCUT2D eigenvalue weighted by Gasteiger charge is 2.28. The lowest BCUT2D eigenvalue weighted by Crippen LogP contribution is -2.25. The molecule has 1 aromatic carbocycles. The first-order valence-corrected chi connectivity index (χ1v) is 6.84. The van der Waals surface area contributed by atoms with E-state index >= 15 is 0 Å². The molecule has 4 nitrogen and oxygen atoms in total. The summed E-state index contributed by atoms with van der Waals surface area (Å²) in [5.41, 5.74) is 0.912. The van der Waals surface area contributed by atoms with Gasteiger partial charge < -0.3 is 4.74 Å². The van der Waals surface area contributed by atoms with Gasteiger partial charge in [-0.2, -0.15) is 4.31 Å². The van der Waals surface area contributed by atoms with Gasteiger partial charge in [-0.3, -0.25) is 0 Å². The van der Waals surface area contributed by atoms with E-state index in [4.69, 9.17) is 4.74 Å². The molecule has 5 heteroatoms. The minimum Gasteiger partial charge on any atom is -0.496 e. The molecule has 0 N–H and O–H groups in total. The van der Waals surface area contributed by atoms with Crippen molar-refractivity contribution < 1.29 is 13.2 Å². The van der Waals surface area contributed by atoms with Crippen molar-refractivity contribution >= 4 is 10.0 Å². The summed E-state index contributed by atoms with van der Waals surface area (Å²) in [7, 11) is -1.44. The highest BCUT2D eigenvalue weighted by Crippen LogP contribution is 2.23. The maximum absolute atomic E-state index is 11.7. The first-order chi connectivity index (χ1) is 7.63. The van der Waals surface area contributed by atoms with Crippen molar-refractivity contribution in [2.24, 2.45) is 0 Å². The zero-order valence-corrected chi connectivity index (χ0v) is 10.0. The van der Waals surface area contributed by atoms with Crippen molar-refractivity contribution in [2.75, 3.05) is 19.4 Å². The van der Waals surface area contributed by atoms with Crippen LogP contribution in [0, 0.1) is 0 Å². The number of sulfonamides is 1. The number of hydrogen-bond donors (Lipinski definition) is 0. The van der Waals surface area contributed by atoms with Gasteiger partial charge in [0.15, 0.2) is 0 Å². The molecule has 0 radical (unpaired) electrons. The van der Waals surface area contributed by atoms with Gasteiger partial charge in [0.25, 0.3) is 0 Å². The number of para-hydroxylation sites is 1. The second-order valence-electron chi connectivity index (χ2n) is 3.81. The zero-order valence-electron chi connectivity index (χ0n) is 9.22. The predicted octanol–water partition coefficient (Wildman–Crippen LogP) is 1.23. The molecule has 0 unspecified atom stereocenters. The number of nitrogens with zero attached hydrogens (tertiary/aromatic N) is 1. The summed E-state index contributed by atoms with van der Waals surface area (Å²) in [6.45, 7) is 1.02. The van der Waals surface area contributed by atoms with E-state index < -0.39 is 10.0 Å². The molecule has 0 aromatic heterocycles. The fourth-order valence-electron chi connectivity index (χ4n) is 1.89. The standard InChI is InChI=1S/C11H15NO3S/c1-15-11-6-3-2-5-10(11)9-12-7-4-8-16(12,13)14/h2-3,5-6H,4,7-9H2,1H3. The average molecular weight is 241 g/mol. The molecular formula is C11H15NO3S. The Kier molecular flexibility index (Phi) is 3.16. The lowest BCUT2D eigenvalue weighted by molar-refractivity contribution is 0.391. The number of ether oxygens (including phenoxy) is 1. The molecule has 1 fully saturated rings. The van der Waals surface area contributed by atoms with Crippen LogP contribution in [0.5, 0.6) is 5.75 Å². The smallest absolute Gasteiger partial charge is 0.214 e. The summed E-state index contributed by atoms with van der Waals surface area (Å²) < 4.78 is 30.0. The Morgan fingerprint density at radius 1 is 1.38 bits per heavy atom. The SMILES string of the molecule is COc1ccccc1CN1CCCS1(=O)=O. The fraction of sp³-hybridized carbons (Fsp3) is 0.455. The van der Waals surface area contributed by atoms with Gasteiger partial charge in [-0.1, -0.05) is 18.2 Å². The maximum Gasteiger partial charge on any atom is 0.214 e. The third-order valence-corrected chi connectivity index (χ3v) is 4.65. The van der Waals surface area contributed by atoms with E-state index in [-0.39, 0.29) is 5.75 Å². The van der Waals surface area contributed by atoms with Crippen LogP contribution in [0.25, 0.3) is 0 Å². The second-order valence-corrected chi connectivity index (χ2v) is 5.90. The van der Waals surface area contributed by atoms with Crippen LogP contribution in [-0.2, 0) is 16.6 Å². The van der Waals surface area contributed by atoms with Gasteiger partial charge in [0.05, 0.1) is 12.9 Å². The van der Waals surface area contributed by atoms with Crippen LogP contribution in [0.2, 0.25) is 0 Å². The van der Waals surface area contributed by atoms with Crippen LogP contribution in [0.4, 0.5) is 0 Å². The second kappa shape index (κ2) is 4.43. The van der Waals surface area contributed by atoms with Gasteiger partial charge in [0.1, 0.15) is 5.75 Å². The summed E-state index contributed by atoms with van der Waals surface area (Å²) in [5, 5.41) is 0. The summed E-state index contributed by atoms with van der Waals surface area (Å²) in [4.78, 5) is 0. The zero-order chi connectivity index (χ0) is 11.6. The van der Waals surface area contributed by atoms with E-state index in [1.807, 2.05) is 24.3 Å². The number of benzene rings is 1. The predicted molar refractivity (Wildman–Crippen MR) is 61.8 cm³/mol. The molecule has 16 heavy (non-hydrogen) atoms. The molecule has 0 bridgehead atoms. The molecule has 0 aliphatic carbocycles. The highest BCUT2D eigenvalue weighted by atomic mass is 32.2. The lowest BCUT2D eigenvalue weighted by Gasteiger charge is -2.16. The summed E-state index contributed by atoms with van der Waals surface area (Å²) in [6.07, 6.45) is 0.720. The molecule has 0 atom stereocenters. The minimum atomic E-state index is -3.03. The van der Waals surface area contributed by atoms with Crippen LogP contribution < -0.4 is 4.74 Å². The molecule has 1 saturated heterocycles. The molecule has 0 amide bonds. The largest absolute Gasteiger partial charge is 0.496 e. The molecule has 88 valence electrons. The third kappa shape index (κ3) is 2.20. The lowest BCUT2D eigenvalue weighted by atomic mass is 10.2. The van der Waals surface area contributed by atoms with E-state index in [1.54, 1.807) is 7.11 Å². The number of methoxy groups -OCH3 is 1. The molecule has 1 aliphatic heterocycles. The van der Waals surface area contributed by atoms with E-state index in [0.29, 0.717) is 13.1 Å². The molecule has 1 aromatic rings. The Morgan fingerprint density at radius 3 is 2.75 bits per heavy atom. The van der Waals surface area contributed by atoms with Gasteiger partial charge in [0, 0.05) is 18.7 Å². The minimum absolute atomic E-state index is 0.266. The van der Waals surface area contributed by atoms with Crippen molar-refractivity contribution in [1.29, 1.82) is 0 Å². The number of hydrogen-bond acceptors (Lipinski definition) is 3. The Balaban J connectivity index is 2.21. The molecule has 1 heterocycles. The Morgan fingerprint density at radius 2 is 2.12 bits per heavy atom. The quantitative estimate of drug-likeness (QED) is 0.799. The van der Waals surface area contributed by atoms with Gasteiger partial charge in [0.2, 0.25) is 10.0 Å². The average Bonchev–Trinajstić information content (AvgIpc) is 2.59. The van der Waals surface area contributed by atoms with Crippen LogP contribution in [0.1, 0.15) is 12.0 Å². The molecule has 2 rings (SSSR count). The monoisotopic (exact) mass is 241 g/mol. The van der Waals surface area contributed by atoms with Gasteiger partial charge >= 0.3 is 0 Å². The van der Waals surface area contributed by atoms with E-state index in [0.717, 1.165) is 17.7 Å². The van der Waals surface area contributed by atoms with Crippen LogP contribution in [-0.4, -0.2) is 32.1 Å². The van der Waals surface area contributed by atoms with Crippen LogP contribution in [0.3, 0.4) is 0 Å². The number of rotatable bonds is 3. The Bertz CT molecular complexity index is 470. The fourth-order valence-corrected chi connectivity index (χ4v) is 3.39. The van der Waals surface area contributed by atoms with Crippen LogP contribution >= 0.6 is 0 Å². The summed E-state index contributed by atoms with van der Waals surface area (Å²) in [5.74, 6) is 1.01. The van der Waals surface area contributed by atoms with Crippen molar-refractivity contribution in [3.63, 3.8) is 0 Å². The normalized spacial score (nSPS) is 19.8. The van der Waals surface area contributed by atoms with E-state index in [1.165, 1.54) is 4.31 Å². The molecule has 0 saturated carbocycles. The molecule has 1 aliphatic rings. The Hall–Kier alpha value is -1.07. The van der Waals surface area contributed by atoms with E-state index in [2.05, 4.69) is 0 Å². The van der Waals surface area contributed by atoms with Gasteiger partial charge in [-0.15, -0.1) is 0 Å². The molecule has 0 spiro atoms. The summed E-state index contributed by atoms with van der Waals surface area (Å²) >= 11 is 0. The third-order valence-electron chi connectivity index (χ3n) is 2.74. The van der Waals surface area contributed by atoms with Gasteiger partial charge in [-0.25, -0.2) is 8.42 Å². The van der Waals surface area contributed by atoms with Crippen molar-refractivity contribution in [3.8, 4) is 5.75 Å². The topological polar surface area (TPSA) is 46.6 Å². The Labute approximate surface area is 95.9 Å². The van der Waals surface area contributed by atoms with Crippen molar-refractivity contribution in [2.45, 2.75) is 13.0 Å². The van der Waals surface area contributed by atoms with E-state index in [9.17, 15) is 8.42 Å². The van der Waals surface area contributed by atoms with Crippen molar-refractivity contribution in [3.05, 3.63) is 29.8 Å². The van der Waals surface area contributed by atoms with Crippen LogP contribution in [0.15, 0.2) is 24.3 Å². The maximum atomic E-state index is 11.7. The highest BCUT2D eigenvalue weighted by molar-refractivity contribution is 7.89. The van der Waals surface area contributed by atoms with Crippen molar-refractivity contribution in [1.82, 2.24) is 4.31 Å². The first-order valence-electron chi connectivity index (χ1n) is 5.23. The van der Waals surface area contributed by atoms with Gasteiger partial charge in [-0.05, 0) is 12.5 Å². The first kappa shape index (κ1) is 11.4.